The summed E-state index contributed by atoms with van der Waals surface area (Å²) in [5, 5.41) is 5.35. The van der Waals surface area contributed by atoms with E-state index < -0.39 is 6.09 Å². The first-order valence-electron chi connectivity index (χ1n) is 4.88. The molecule has 0 aliphatic rings. The highest BCUT2D eigenvalue weighted by molar-refractivity contribution is 7.11. The fourth-order valence-corrected chi connectivity index (χ4v) is 1.97. The van der Waals surface area contributed by atoms with E-state index in [1.165, 1.54) is 22.2 Å². The lowest BCUT2D eigenvalue weighted by Crippen LogP contribution is -2.17. The molecule has 0 saturated heterocycles. The zero-order valence-corrected chi connectivity index (χ0v) is 9.42. The molecule has 0 bridgehead atoms. The third kappa shape index (κ3) is 1.78. The molecule has 0 unspecified atom stereocenters. The number of nitrogens with zero attached hydrogens (tertiary/aromatic N) is 3. The van der Waals surface area contributed by atoms with Gasteiger partial charge in [0.15, 0.2) is 0 Å². The summed E-state index contributed by atoms with van der Waals surface area (Å²) in [6.45, 7) is 0. The maximum absolute atomic E-state index is 11.8. The van der Waals surface area contributed by atoms with Crippen molar-refractivity contribution in [3.8, 4) is 5.06 Å². The predicted octanol–water partition coefficient (Wildman–Crippen LogP) is 2.54. The highest BCUT2D eigenvalue weighted by Gasteiger charge is 2.12. The van der Waals surface area contributed by atoms with Gasteiger partial charge in [-0.3, -0.25) is 0 Å². The number of thiazole rings is 1. The lowest BCUT2D eigenvalue weighted by molar-refractivity contribution is 0.201. The van der Waals surface area contributed by atoms with Gasteiger partial charge in [0.2, 0.25) is 5.06 Å². The fourth-order valence-electron chi connectivity index (χ4n) is 1.50. The Morgan fingerprint density at radius 1 is 1.29 bits per heavy atom. The molecule has 0 spiro atoms. The maximum atomic E-state index is 11.8. The van der Waals surface area contributed by atoms with E-state index in [4.69, 9.17) is 4.74 Å². The summed E-state index contributed by atoms with van der Waals surface area (Å²) in [7, 11) is 0. The van der Waals surface area contributed by atoms with E-state index in [0.29, 0.717) is 5.06 Å². The third-order valence-corrected chi connectivity index (χ3v) is 2.90. The van der Waals surface area contributed by atoms with Gasteiger partial charge in [-0.2, -0.15) is 9.78 Å². The topological polar surface area (TPSA) is 57.0 Å². The Hall–Kier alpha value is -2.21. The van der Waals surface area contributed by atoms with Gasteiger partial charge in [-0.25, -0.2) is 9.78 Å². The van der Waals surface area contributed by atoms with Crippen molar-refractivity contribution in [3.63, 3.8) is 0 Å². The molecule has 2 aromatic heterocycles. The number of para-hydroxylation sites is 1. The van der Waals surface area contributed by atoms with Crippen LogP contribution in [-0.2, 0) is 0 Å². The number of hydrogen-bond acceptors (Lipinski definition) is 5. The van der Waals surface area contributed by atoms with Gasteiger partial charge in [0.05, 0.1) is 23.4 Å². The molecule has 3 aromatic rings. The van der Waals surface area contributed by atoms with Crippen molar-refractivity contribution < 1.29 is 9.53 Å². The minimum Gasteiger partial charge on any atom is -0.396 e. The van der Waals surface area contributed by atoms with Crippen molar-refractivity contribution in [2.75, 3.05) is 0 Å². The van der Waals surface area contributed by atoms with E-state index in [-0.39, 0.29) is 0 Å². The first-order valence-corrected chi connectivity index (χ1v) is 5.76. The molecule has 0 atom stereocenters. The molecule has 17 heavy (non-hydrogen) atoms. The smallest absolute Gasteiger partial charge is 0.396 e. The second-order valence-electron chi connectivity index (χ2n) is 3.30. The highest BCUT2D eigenvalue weighted by atomic mass is 32.1. The summed E-state index contributed by atoms with van der Waals surface area (Å²) in [4.78, 5) is 15.7. The van der Waals surface area contributed by atoms with Gasteiger partial charge in [0, 0.05) is 5.39 Å². The second-order valence-corrected chi connectivity index (χ2v) is 4.15. The standard InChI is InChI=1S/C11H7N3O2S/c15-11(16-10-6-12-7-17-10)14-9-4-2-1-3-8(9)5-13-14/h1-7H. The van der Waals surface area contributed by atoms with Crippen LogP contribution in [0.2, 0.25) is 0 Å². The third-order valence-electron chi connectivity index (χ3n) is 2.25. The van der Waals surface area contributed by atoms with Crippen molar-refractivity contribution in [3.05, 3.63) is 42.2 Å². The Kier molecular flexibility index (Phi) is 2.34. The van der Waals surface area contributed by atoms with Gasteiger partial charge in [-0.15, -0.1) is 0 Å². The molecule has 0 saturated carbocycles. The van der Waals surface area contributed by atoms with Crippen molar-refractivity contribution >= 4 is 28.3 Å². The van der Waals surface area contributed by atoms with Crippen LogP contribution in [0, 0.1) is 0 Å². The van der Waals surface area contributed by atoms with E-state index in [9.17, 15) is 4.79 Å². The normalized spacial score (nSPS) is 10.6. The number of aromatic nitrogens is 3. The van der Waals surface area contributed by atoms with E-state index in [0.717, 1.165) is 10.9 Å². The van der Waals surface area contributed by atoms with Crippen molar-refractivity contribution in [2.24, 2.45) is 0 Å². The molecular formula is C11H7N3O2S. The number of hydrogen-bond donors (Lipinski definition) is 0. The first-order chi connectivity index (χ1) is 8.34. The second kappa shape index (κ2) is 3.99. The molecule has 0 radical (unpaired) electrons. The lowest BCUT2D eigenvalue weighted by Gasteiger charge is -2.01. The number of carbonyl (C=O) groups excluding carboxylic acids is 1. The van der Waals surface area contributed by atoms with Crippen molar-refractivity contribution in [1.82, 2.24) is 14.8 Å². The van der Waals surface area contributed by atoms with Crippen LogP contribution in [0.3, 0.4) is 0 Å². The zero-order valence-electron chi connectivity index (χ0n) is 8.61. The average molecular weight is 245 g/mol. The molecule has 0 fully saturated rings. The Labute approximate surface area is 100 Å². The van der Waals surface area contributed by atoms with Crippen LogP contribution in [0.25, 0.3) is 10.9 Å². The zero-order chi connectivity index (χ0) is 11.7. The number of carbonyl (C=O) groups is 1. The van der Waals surface area contributed by atoms with Crippen LogP contribution >= 0.6 is 11.3 Å². The molecule has 1 aromatic carbocycles. The number of fused-ring (bicyclic) bond motifs is 1. The van der Waals surface area contributed by atoms with E-state index in [2.05, 4.69) is 10.1 Å². The summed E-state index contributed by atoms with van der Waals surface area (Å²) in [5.74, 6) is 0. The minimum absolute atomic E-state index is 0.453. The molecule has 2 heterocycles. The Bertz CT molecular complexity index is 660. The molecule has 0 aliphatic carbocycles. The van der Waals surface area contributed by atoms with E-state index in [1.807, 2.05) is 24.3 Å². The van der Waals surface area contributed by atoms with Crippen molar-refractivity contribution in [2.45, 2.75) is 0 Å². The predicted molar refractivity (Wildman–Crippen MR) is 63.3 cm³/mol. The summed E-state index contributed by atoms with van der Waals surface area (Å²) < 4.78 is 6.36. The largest absolute Gasteiger partial charge is 0.441 e. The molecule has 84 valence electrons. The molecule has 0 N–H and O–H groups in total. The van der Waals surface area contributed by atoms with Crippen LogP contribution < -0.4 is 4.74 Å². The van der Waals surface area contributed by atoms with Gasteiger partial charge >= 0.3 is 6.09 Å². The Balaban J connectivity index is 1.96. The van der Waals surface area contributed by atoms with Crippen LogP contribution in [0.15, 0.2) is 42.2 Å². The van der Waals surface area contributed by atoms with Crippen LogP contribution in [0.5, 0.6) is 5.06 Å². The average Bonchev–Trinajstić information content (AvgIpc) is 2.96. The van der Waals surface area contributed by atoms with Crippen LogP contribution in [0.4, 0.5) is 4.79 Å². The summed E-state index contributed by atoms with van der Waals surface area (Å²) >= 11 is 1.26. The van der Waals surface area contributed by atoms with Gasteiger partial charge in [-0.05, 0) is 6.07 Å². The van der Waals surface area contributed by atoms with E-state index in [1.54, 1.807) is 11.7 Å². The van der Waals surface area contributed by atoms with Crippen LogP contribution in [0.1, 0.15) is 0 Å². The molecule has 0 amide bonds. The van der Waals surface area contributed by atoms with Gasteiger partial charge < -0.3 is 4.74 Å². The Morgan fingerprint density at radius 2 is 2.18 bits per heavy atom. The van der Waals surface area contributed by atoms with E-state index >= 15 is 0 Å². The SMILES string of the molecule is O=C(Oc1cncs1)n1ncc2ccccc21. The Morgan fingerprint density at radius 3 is 3.00 bits per heavy atom. The van der Waals surface area contributed by atoms with Gasteiger partial charge in [0.1, 0.15) is 0 Å². The van der Waals surface area contributed by atoms with Crippen molar-refractivity contribution in [1.29, 1.82) is 0 Å². The minimum atomic E-state index is -0.532. The fraction of sp³-hybridized carbons (Fsp3) is 0. The number of rotatable bonds is 1. The molecule has 3 rings (SSSR count). The molecular weight excluding hydrogens is 238 g/mol. The van der Waals surface area contributed by atoms with Gasteiger partial charge in [0.25, 0.3) is 0 Å². The van der Waals surface area contributed by atoms with Gasteiger partial charge in [-0.1, -0.05) is 29.5 Å². The first kappa shape index (κ1) is 9.98. The quantitative estimate of drug-likeness (QED) is 0.661. The maximum Gasteiger partial charge on any atom is 0.441 e. The molecule has 5 nitrogen and oxygen atoms in total. The van der Waals surface area contributed by atoms with Crippen LogP contribution in [-0.4, -0.2) is 20.9 Å². The molecule has 6 heteroatoms. The summed E-state index contributed by atoms with van der Waals surface area (Å²) in [6.07, 6.45) is 2.59. The monoisotopic (exact) mass is 245 g/mol. The summed E-state index contributed by atoms with van der Waals surface area (Å²) in [6, 6.07) is 7.44. The molecule has 0 aliphatic heterocycles. The number of ether oxygens (including phenoxy) is 1. The lowest BCUT2D eigenvalue weighted by atomic mass is 10.3. The summed E-state index contributed by atoms with van der Waals surface area (Å²) in [5.41, 5.74) is 2.33. The highest BCUT2D eigenvalue weighted by Crippen LogP contribution is 2.18. The number of benzene rings is 1.